The third kappa shape index (κ3) is 4.04. The molecule has 0 amide bonds. The Morgan fingerprint density at radius 1 is 1.06 bits per heavy atom. The van der Waals surface area contributed by atoms with Gasteiger partial charge in [-0.25, -0.2) is 0 Å². The molecule has 0 saturated carbocycles. The lowest BCUT2D eigenvalue weighted by Crippen LogP contribution is -2.30. The maximum atomic E-state index is 3.67. The van der Waals surface area contributed by atoms with Gasteiger partial charge in [-0.15, -0.1) is 0 Å². The van der Waals surface area contributed by atoms with E-state index < -0.39 is 0 Å². The van der Waals surface area contributed by atoms with E-state index in [9.17, 15) is 0 Å². The number of nitrogens with one attached hydrogen (secondary N) is 1. The second kappa shape index (κ2) is 6.65. The molecule has 0 aliphatic carbocycles. The Hall–Kier alpha value is -1.02. The Labute approximate surface area is 106 Å². The lowest BCUT2D eigenvalue weighted by Gasteiger charge is -2.22. The molecule has 1 atom stereocenters. The Balaban J connectivity index is 2.66. The molecule has 1 rings (SSSR count). The van der Waals surface area contributed by atoms with Crippen molar-refractivity contribution in [2.45, 2.75) is 45.7 Å². The van der Waals surface area contributed by atoms with Gasteiger partial charge in [-0.2, -0.15) is 0 Å². The average Bonchev–Trinajstić information content (AvgIpc) is 2.35. The summed E-state index contributed by atoms with van der Waals surface area (Å²) >= 11 is 0. The van der Waals surface area contributed by atoms with Crippen LogP contribution >= 0.6 is 0 Å². The average molecular weight is 234 g/mol. The van der Waals surface area contributed by atoms with Gasteiger partial charge in [0.25, 0.3) is 0 Å². The summed E-state index contributed by atoms with van der Waals surface area (Å²) in [7, 11) is 4.14. The first-order valence-electron chi connectivity index (χ1n) is 6.61. The molecule has 0 aromatic heterocycles. The zero-order valence-electron chi connectivity index (χ0n) is 11.8. The molecule has 0 radical (unpaired) electrons. The highest BCUT2D eigenvalue weighted by Gasteiger charge is 2.10. The van der Waals surface area contributed by atoms with E-state index >= 15 is 0 Å². The van der Waals surface area contributed by atoms with Gasteiger partial charge in [-0.05, 0) is 37.5 Å². The Bertz CT molecular complexity index is 312. The van der Waals surface area contributed by atoms with E-state index in [1.807, 2.05) is 0 Å². The molecule has 1 N–H and O–H groups in total. The van der Waals surface area contributed by atoms with E-state index in [-0.39, 0.29) is 0 Å². The first kappa shape index (κ1) is 14.0. The molecule has 0 heterocycles. The van der Waals surface area contributed by atoms with Gasteiger partial charge in [-0.1, -0.05) is 26.0 Å². The third-order valence-corrected chi connectivity index (χ3v) is 3.38. The van der Waals surface area contributed by atoms with Crippen LogP contribution in [0.3, 0.4) is 0 Å². The predicted octanol–water partition coefficient (Wildman–Crippen LogP) is 3.59. The van der Waals surface area contributed by atoms with E-state index in [1.165, 1.54) is 24.1 Å². The van der Waals surface area contributed by atoms with Crippen LogP contribution in [0.15, 0.2) is 24.3 Å². The molecular formula is C15H26N2. The summed E-state index contributed by atoms with van der Waals surface area (Å²) in [6, 6.07) is 9.85. The molecule has 2 heteroatoms. The van der Waals surface area contributed by atoms with Crippen molar-refractivity contribution < 1.29 is 0 Å². The fourth-order valence-electron chi connectivity index (χ4n) is 2.04. The summed E-state index contributed by atoms with van der Waals surface area (Å²) in [5.74, 6) is 0. The highest BCUT2D eigenvalue weighted by Crippen LogP contribution is 2.18. The van der Waals surface area contributed by atoms with E-state index in [1.54, 1.807) is 0 Å². The minimum atomic E-state index is 0.427. The summed E-state index contributed by atoms with van der Waals surface area (Å²) in [6.07, 6.45) is 2.38. The number of anilines is 1. The second-order valence-corrected chi connectivity index (χ2v) is 4.89. The number of hydrogen-bond acceptors (Lipinski definition) is 2. The Morgan fingerprint density at radius 2 is 1.59 bits per heavy atom. The minimum absolute atomic E-state index is 0.427. The molecule has 0 aliphatic heterocycles. The van der Waals surface area contributed by atoms with E-state index in [0.717, 1.165) is 0 Å². The molecule has 1 aromatic rings. The van der Waals surface area contributed by atoms with Gasteiger partial charge in [-0.3, -0.25) is 0 Å². The lowest BCUT2D eigenvalue weighted by atomic mass is 10.1. The predicted molar refractivity (Wildman–Crippen MR) is 76.7 cm³/mol. The molecule has 1 aromatic carbocycles. The monoisotopic (exact) mass is 234 g/mol. The fourth-order valence-corrected chi connectivity index (χ4v) is 2.04. The van der Waals surface area contributed by atoms with Crippen molar-refractivity contribution in [3.05, 3.63) is 29.8 Å². The molecule has 96 valence electrons. The first-order chi connectivity index (χ1) is 8.08. The van der Waals surface area contributed by atoms with Crippen molar-refractivity contribution in [2.75, 3.05) is 19.0 Å². The SMILES string of the molecule is CCC(CC)NC(C)c1ccc(N(C)C)cc1. The topological polar surface area (TPSA) is 15.3 Å². The molecule has 2 nitrogen and oxygen atoms in total. The smallest absolute Gasteiger partial charge is 0.0361 e. The van der Waals surface area contributed by atoms with Gasteiger partial charge < -0.3 is 10.2 Å². The van der Waals surface area contributed by atoms with Gasteiger partial charge in [0.05, 0.1) is 0 Å². The Kier molecular flexibility index (Phi) is 5.49. The number of rotatable bonds is 6. The van der Waals surface area contributed by atoms with Crippen LogP contribution in [0, 0.1) is 0 Å². The summed E-state index contributed by atoms with van der Waals surface area (Å²) in [6.45, 7) is 6.72. The van der Waals surface area contributed by atoms with E-state index in [2.05, 4.69) is 69.3 Å². The molecule has 1 unspecified atom stereocenters. The van der Waals surface area contributed by atoms with Crippen molar-refractivity contribution in [3.63, 3.8) is 0 Å². The zero-order valence-corrected chi connectivity index (χ0v) is 11.8. The van der Waals surface area contributed by atoms with Crippen LogP contribution in [-0.4, -0.2) is 20.1 Å². The quantitative estimate of drug-likeness (QED) is 0.809. The molecule has 0 bridgehead atoms. The van der Waals surface area contributed by atoms with Crippen molar-refractivity contribution in [2.24, 2.45) is 0 Å². The van der Waals surface area contributed by atoms with Crippen LogP contribution in [0.1, 0.15) is 45.2 Å². The van der Waals surface area contributed by atoms with E-state index in [4.69, 9.17) is 0 Å². The fraction of sp³-hybridized carbons (Fsp3) is 0.600. The molecule has 0 spiro atoms. The van der Waals surface area contributed by atoms with Crippen LogP contribution in [0.4, 0.5) is 5.69 Å². The largest absolute Gasteiger partial charge is 0.378 e. The summed E-state index contributed by atoms with van der Waals surface area (Å²) in [5, 5.41) is 3.67. The van der Waals surface area contributed by atoms with Crippen LogP contribution in [-0.2, 0) is 0 Å². The van der Waals surface area contributed by atoms with Crippen molar-refractivity contribution in [3.8, 4) is 0 Å². The van der Waals surface area contributed by atoms with Gasteiger partial charge in [0.1, 0.15) is 0 Å². The molecule has 0 fully saturated rings. The first-order valence-corrected chi connectivity index (χ1v) is 6.61. The van der Waals surface area contributed by atoms with Crippen LogP contribution in [0.5, 0.6) is 0 Å². The van der Waals surface area contributed by atoms with Gasteiger partial charge >= 0.3 is 0 Å². The Morgan fingerprint density at radius 3 is 2.00 bits per heavy atom. The molecule has 0 saturated heterocycles. The lowest BCUT2D eigenvalue weighted by molar-refractivity contribution is 0.432. The summed E-state index contributed by atoms with van der Waals surface area (Å²) < 4.78 is 0. The minimum Gasteiger partial charge on any atom is -0.378 e. The van der Waals surface area contributed by atoms with Crippen molar-refractivity contribution in [1.29, 1.82) is 0 Å². The summed E-state index contributed by atoms with van der Waals surface area (Å²) in [4.78, 5) is 2.13. The molecular weight excluding hydrogens is 208 g/mol. The van der Waals surface area contributed by atoms with Gasteiger partial charge in [0.15, 0.2) is 0 Å². The number of benzene rings is 1. The molecule has 0 aliphatic rings. The second-order valence-electron chi connectivity index (χ2n) is 4.89. The maximum absolute atomic E-state index is 3.67. The standard InChI is InChI=1S/C15H26N2/c1-6-14(7-2)16-12(3)13-8-10-15(11-9-13)17(4)5/h8-12,14,16H,6-7H2,1-5H3. The van der Waals surface area contributed by atoms with Crippen LogP contribution in [0.25, 0.3) is 0 Å². The van der Waals surface area contributed by atoms with Gasteiger partial charge in [0, 0.05) is 31.9 Å². The maximum Gasteiger partial charge on any atom is 0.0361 e. The summed E-state index contributed by atoms with van der Waals surface area (Å²) in [5.41, 5.74) is 2.62. The third-order valence-electron chi connectivity index (χ3n) is 3.38. The number of nitrogens with zero attached hydrogens (tertiary/aromatic N) is 1. The van der Waals surface area contributed by atoms with Crippen LogP contribution < -0.4 is 10.2 Å². The highest BCUT2D eigenvalue weighted by molar-refractivity contribution is 5.46. The normalized spacial score (nSPS) is 12.8. The van der Waals surface area contributed by atoms with Crippen molar-refractivity contribution >= 4 is 5.69 Å². The number of hydrogen-bond donors (Lipinski definition) is 1. The van der Waals surface area contributed by atoms with E-state index in [0.29, 0.717) is 12.1 Å². The van der Waals surface area contributed by atoms with Gasteiger partial charge in [0.2, 0.25) is 0 Å². The van der Waals surface area contributed by atoms with Crippen molar-refractivity contribution in [1.82, 2.24) is 5.32 Å². The molecule has 17 heavy (non-hydrogen) atoms. The highest BCUT2D eigenvalue weighted by atomic mass is 15.1. The zero-order chi connectivity index (χ0) is 12.8. The van der Waals surface area contributed by atoms with Crippen LogP contribution in [0.2, 0.25) is 0 Å².